The summed E-state index contributed by atoms with van der Waals surface area (Å²) in [6, 6.07) is 10.0. The summed E-state index contributed by atoms with van der Waals surface area (Å²) in [7, 11) is 0. The van der Waals surface area contributed by atoms with Crippen molar-refractivity contribution >= 4 is 11.6 Å². The second-order valence-corrected chi connectivity index (χ2v) is 4.52. The van der Waals surface area contributed by atoms with Gasteiger partial charge in [0.25, 0.3) is 0 Å². The number of benzene rings is 1. The molecule has 90 valence electrons. The monoisotopic (exact) mass is 250 g/mol. The van der Waals surface area contributed by atoms with E-state index in [0.29, 0.717) is 6.54 Å². The second-order valence-electron chi connectivity index (χ2n) is 4.08. The van der Waals surface area contributed by atoms with Gasteiger partial charge in [-0.25, -0.2) is 0 Å². The fraction of sp³-hybridized carbons (Fsp3) is 0.308. The lowest BCUT2D eigenvalue weighted by atomic mass is 10.1. The molecule has 1 aromatic carbocycles. The molecule has 1 heterocycles. The van der Waals surface area contributed by atoms with Crippen LogP contribution in [0.15, 0.2) is 34.9 Å². The van der Waals surface area contributed by atoms with Crippen molar-refractivity contribution in [2.75, 3.05) is 0 Å². The highest BCUT2D eigenvalue weighted by atomic mass is 35.5. The fourth-order valence-electron chi connectivity index (χ4n) is 1.63. The molecule has 0 spiro atoms. The summed E-state index contributed by atoms with van der Waals surface area (Å²) in [5.74, 6) is 0.834. The second kappa shape index (κ2) is 5.34. The summed E-state index contributed by atoms with van der Waals surface area (Å²) in [5, 5.41) is 8.08. The van der Waals surface area contributed by atoms with E-state index in [2.05, 4.69) is 17.4 Å². The van der Waals surface area contributed by atoms with Gasteiger partial charge in [0.15, 0.2) is 0 Å². The highest BCUT2D eigenvalue weighted by molar-refractivity contribution is 6.30. The number of hydrogen-bond donors (Lipinski definition) is 1. The molecule has 1 N–H and O–H groups in total. The number of aryl methyl sites for hydroxylation is 1. The van der Waals surface area contributed by atoms with E-state index in [-0.39, 0.29) is 6.04 Å². The zero-order valence-corrected chi connectivity index (χ0v) is 10.7. The maximum absolute atomic E-state index is 5.85. The van der Waals surface area contributed by atoms with Crippen LogP contribution in [0, 0.1) is 6.92 Å². The summed E-state index contributed by atoms with van der Waals surface area (Å²) >= 11 is 5.85. The molecule has 4 heteroatoms. The Bertz CT molecular complexity index is 478. The van der Waals surface area contributed by atoms with Crippen molar-refractivity contribution in [2.45, 2.75) is 26.4 Å². The van der Waals surface area contributed by atoms with Crippen molar-refractivity contribution in [1.29, 1.82) is 0 Å². The number of halogens is 1. The summed E-state index contributed by atoms with van der Waals surface area (Å²) < 4.78 is 5.01. The molecule has 0 amide bonds. The molecule has 1 atom stereocenters. The summed E-state index contributed by atoms with van der Waals surface area (Å²) in [4.78, 5) is 0. The van der Waals surface area contributed by atoms with Crippen LogP contribution >= 0.6 is 11.6 Å². The third kappa shape index (κ3) is 3.32. The lowest BCUT2D eigenvalue weighted by molar-refractivity contribution is 0.386. The molecule has 3 nitrogen and oxygen atoms in total. The lowest BCUT2D eigenvalue weighted by Gasteiger charge is -2.12. The van der Waals surface area contributed by atoms with Crippen molar-refractivity contribution < 1.29 is 4.52 Å². The van der Waals surface area contributed by atoms with Crippen LogP contribution in [0.25, 0.3) is 0 Å². The minimum absolute atomic E-state index is 0.254. The molecule has 0 bridgehead atoms. The van der Waals surface area contributed by atoms with Crippen LogP contribution in [0.5, 0.6) is 0 Å². The molecule has 0 aliphatic carbocycles. The van der Waals surface area contributed by atoms with Crippen LogP contribution in [0.1, 0.15) is 30.0 Å². The van der Waals surface area contributed by atoms with Gasteiger partial charge in [0.1, 0.15) is 5.76 Å². The van der Waals surface area contributed by atoms with E-state index in [9.17, 15) is 0 Å². The van der Waals surface area contributed by atoms with Crippen LogP contribution in [0.4, 0.5) is 0 Å². The number of aromatic nitrogens is 1. The molecule has 1 aromatic heterocycles. The first kappa shape index (κ1) is 12.1. The molecule has 0 fully saturated rings. The fourth-order valence-corrected chi connectivity index (χ4v) is 1.75. The van der Waals surface area contributed by atoms with E-state index in [1.54, 1.807) is 0 Å². The van der Waals surface area contributed by atoms with Crippen LogP contribution in [-0.4, -0.2) is 5.16 Å². The number of rotatable bonds is 4. The quantitative estimate of drug-likeness (QED) is 0.903. The molecular formula is C13H15ClN2O. The van der Waals surface area contributed by atoms with E-state index in [1.165, 1.54) is 5.56 Å². The average molecular weight is 251 g/mol. The zero-order chi connectivity index (χ0) is 12.3. The lowest BCUT2D eigenvalue weighted by Crippen LogP contribution is -2.18. The van der Waals surface area contributed by atoms with Crippen molar-refractivity contribution in [3.63, 3.8) is 0 Å². The first-order valence-electron chi connectivity index (χ1n) is 5.56. The maximum Gasteiger partial charge on any atom is 0.133 e. The topological polar surface area (TPSA) is 38.1 Å². The first-order chi connectivity index (χ1) is 8.15. The third-order valence-electron chi connectivity index (χ3n) is 2.64. The summed E-state index contributed by atoms with van der Waals surface area (Å²) in [6.07, 6.45) is 0. The Kier molecular flexibility index (Phi) is 3.82. The Labute approximate surface area is 106 Å². The smallest absolute Gasteiger partial charge is 0.133 e. The van der Waals surface area contributed by atoms with E-state index >= 15 is 0 Å². The Morgan fingerprint density at radius 2 is 2.06 bits per heavy atom. The largest absolute Gasteiger partial charge is 0.361 e. The summed E-state index contributed by atoms with van der Waals surface area (Å²) in [6.45, 7) is 4.69. The van der Waals surface area contributed by atoms with Gasteiger partial charge >= 0.3 is 0 Å². The Hall–Kier alpha value is -1.32. The van der Waals surface area contributed by atoms with Crippen molar-refractivity contribution in [3.05, 3.63) is 52.4 Å². The van der Waals surface area contributed by atoms with Gasteiger partial charge < -0.3 is 9.84 Å². The van der Waals surface area contributed by atoms with Gasteiger partial charge in [0, 0.05) is 23.7 Å². The molecule has 0 aliphatic rings. The molecule has 0 saturated heterocycles. The highest BCUT2D eigenvalue weighted by Gasteiger charge is 2.06. The van der Waals surface area contributed by atoms with Crippen molar-refractivity contribution in [3.8, 4) is 0 Å². The van der Waals surface area contributed by atoms with Gasteiger partial charge in [0.2, 0.25) is 0 Å². The minimum atomic E-state index is 0.254. The Balaban J connectivity index is 1.93. The molecule has 0 aliphatic heterocycles. The Morgan fingerprint density at radius 3 is 2.65 bits per heavy atom. The molecule has 2 aromatic rings. The van der Waals surface area contributed by atoms with Crippen LogP contribution in [-0.2, 0) is 6.54 Å². The molecule has 0 saturated carbocycles. The van der Waals surface area contributed by atoms with Crippen LogP contribution in [0.3, 0.4) is 0 Å². The van der Waals surface area contributed by atoms with Gasteiger partial charge in [-0.3, -0.25) is 0 Å². The molecule has 0 radical (unpaired) electrons. The van der Waals surface area contributed by atoms with Gasteiger partial charge in [-0.2, -0.15) is 0 Å². The number of hydrogen-bond acceptors (Lipinski definition) is 3. The van der Waals surface area contributed by atoms with E-state index in [4.69, 9.17) is 16.1 Å². The zero-order valence-electron chi connectivity index (χ0n) is 9.90. The molecule has 2 rings (SSSR count). The highest BCUT2D eigenvalue weighted by Crippen LogP contribution is 2.16. The maximum atomic E-state index is 5.85. The Morgan fingerprint density at radius 1 is 1.35 bits per heavy atom. The third-order valence-corrected chi connectivity index (χ3v) is 2.89. The van der Waals surface area contributed by atoms with Gasteiger partial charge in [-0.05, 0) is 31.5 Å². The van der Waals surface area contributed by atoms with Crippen LogP contribution in [0.2, 0.25) is 5.02 Å². The minimum Gasteiger partial charge on any atom is -0.361 e. The van der Waals surface area contributed by atoms with E-state index in [1.807, 2.05) is 37.3 Å². The van der Waals surface area contributed by atoms with E-state index in [0.717, 1.165) is 16.5 Å². The standard InChI is InChI=1S/C13H15ClN2O/c1-9-7-13(16-17-9)8-15-10(2)11-3-5-12(14)6-4-11/h3-7,10,15H,8H2,1-2H3. The van der Waals surface area contributed by atoms with Gasteiger partial charge in [-0.1, -0.05) is 28.9 Å². The van der Waals surface area contributed by atoms with Crippen molar-refractivity contribution in [2.24, 2.45) is 0 Å². The predicted molar refractivity (Wildman–Crippen MR) is 67.9 cm³/mol. The number of nitrogens with one attached hydrogen (secondary N) is 1. The predicted octanol–water partition coefficient (Wildman–Crippen LogP) is 3.49. The number of nitrogens with zero attached hydrogens (tertiary/aromatic N) is 1. The SMILES string of the molecule is Cc1cc(CNC(C)c2ccc(Cl)cc2)no1. The molecule has 17 heavy (non-hydrogen) atoms. The van der Waals surface area contributed by atoms with Crippen LogP contribution < -0.4 is 5.32 Å². The first-order valence-corrected chi connectivity index (χ1v) is 5.94. The van der Waals surface area contributed by atoms with Gasteiger partial charge in [-0.15, -0.1) is 0 Å². The normalized spacial score (nSPS) is 12.6. The van der Waals surface area contributed by atoms with Gasteiger partial charge in [0.05, 0.1) is 5.69 Å². The summed E-state index contributed by atoms with van der Waals surface area (Å²) in [5.41, 5.74) is 2.12. The molecule has 1 unspecified atom stereocenters. The van der Waals surface area contributed by atoms with E-state index < -0.39 is 0 Å². The molecular weight excluding hydrogens is 236 g/mol. The average Bonchev–Trinajstić information content (AvgIpc) is 2.73. The van der Waals surface area contributed by atoms with Crippen molar-refractivity contribution in [1.82, 2.24) is 10.5 Å².